The summed E-state index contributed by atoms with van der Waals surface area (Å²) in [5, 5.41) is 3.90. The van der Waals surface area contributed by atoms with Gasteiger partial charge in [-0.3, -0.25) is 4.79 Å². The van der Waals surface area contributed by atoms with Gasteiger partial charge in [0.05, 0.1) is 5.92 Å². The molecule has 0 saturated heterocycles. The maximum Gasteiger partial charge on any atom is 0.224 e. The quantitative estimate of drug-likeness (QED) is 0.766. The van der Waals surface area contributed by atoms with Crippen molar-refractivity contribution in [3.8, 4) is 0 Å². The number of nitrogens with two attached hydrogens (primary N) is 1. The molecule has 0 aliphatic heterocycles. The van der Waals surface area contributed by atoms with Crippen molar-refractivity contribution in [3.05, 3.63) is 0 Å². The molecule has 3 unspecified atom stereocenters. The first-order valence-electron chi connectivity index (χ1n) is 6.70. The third kappa shape index (κ3) is 4.51. The van der Waals surface area contributed by atoms with Crippen LogP contribution in [0.2, 0.25) is 0 Å². The number of carbonyl (C=O) groups is 1. The van der Waals surface area contributed by atoms with Gasteiger partial charge >= 0.3 is 0 Å². The van der Waals surface area contributed by atoms with Gasteiger partial charge in [-0.25, -0.2) is 0 Å². The van der Waals surface area contributed by atoms with Gasteiger partial charge < -0.3 is 11.1 Å². The lowest BCUT2D eigenvalue weighted by molar-refractivity contribution is -0.126. The average Bonchev–Trinajstić information content (AvgIpc) is 2.66. The number of rotatable bonds is 6. The smallest absolute Gasteiger partial charge is 0.224 e. The molecule has 0 aromatic rings. The van der Waals surface area contributed by atoms with Crippen molar-refractivity contribution >= 4 is 17.7 Å². The standard InChI is InChI=1S/C13H26N2OS/c1-4-17-11-6-5-10(7-11)15-13(16)12(8-14)9(2)3/h9-12H,4-8,14H2,1-3H3,(H,15,16). The van der Waals surface area contributed by atoms with E-state index in [1.807, 2.05) is 11.8 Å². The summed E-state index contributed by atoms with van der Waals surface area (Å²) in [5.74, 6) is 1.60. The lowest BCUT2D eigenvalue weighted by atomic mass is 9.95. The predicted octanol–water partition coefficient (Wildman–Crippen LogP) is 2.01. The van der Waals surface area contributed by atoms with Crippen LogP contribution in [0.4, 0.5) is 0 Å². The molecule has 0 radical (unpaired) electrons. The molecule has 0 aromatic heterocycles. The minimum atomic E-state index is -0.0344. The molecule has 17 heavy (non-hydrogen) atoms. The Kier molecular flexibility index (Phi) is 6.34. The molecule has 1 aliphatic rings. The second-order valence-electron chi connectivity index (χ2n) is 5.18. The van der Waals surface area contributed by atoms with E-state index in [0.717, 1.165) is 18.1 Å². The van der Waals surface area contributed by atoms with Crippen molar-refractivity contribution in [1.29, 1.82) is 0 Å². The zero-order valence-electron chi connectivity index (χ0n) is 11.2. The zero-order valence-corrected chi connectivity index (χ0v) is 12.1. The Morgan fingerprint density at radius 3 is 2.71 bits per heavy atom. The maximum absolute atomic E-state index is 12.0. The second-order valence-corrected chi connectivity index (χ2v) is 6.76. The van der Waals surface area contributed by atoms with Crippen LogP contribution in [0.1, 0.15) is 40.0 Å². The first kappa shape index (κ1) is 14.8. The fourth-order valence-corrected chi connectivity index (χ4v) is 3.59. The van der Waals surface area contributed by atoms with Gasteiger partial charge in [-0.2, -0.15) is 11.8 Å². The lowest BCUT2D eigenvalue weighted by Gasteiger charge is -2.21. The molecule has 4 heteroatoms. The number of hydrogen-bond acceptors (Lipinski definition) is 3. The van der Waals surface area contributed by atoms with Crippen LogP contribution in [0.15, 0.2) is 0 Å². The highest BCUT2D eigenvalue weighted by Gasteiger charge is 2.28. The van der Waals surface area contributed by atoms with E-state index in [0.29, 0.717) is 18.5 Å². The lowest BCUT2D eigenvalue weighted by Crippen LogP contribution is -2.42. The summed E-state index contributed by atoms with van der Waals surface area (Å²) in [7, 11) is 0. The summed E-state index contributed by atoms with van der Waals surface area (Å²) in [5.41, 5.74) is 5.66. The van der Waals surface area contributed by atoms with Crippen LogP contribution in [0.3, 0.4) is 0 Å². The Bertz CT molecular complexity index is 246. The molecule has 1 rings (SSSR count). The first-order valence-corrected chi connectivity index (χ1v) is 7.75. The van der Waals surface area contributed by atoms with Crippen LogP contribution in [0, 0.1) is 11.8 Å². The molecule has 0 aromatic carbocycles. The number of nitrogens with one attached hydrogen (secondary N) is 1. The highest BCUT2D eigenvalue weighted by Crippen LogP contribution is 2.29. The highest BCUT2D eigenvalue weighted by molar-refractivity contribution is 7.99. The molecule has 100 valence electrons. The Hall–Kier alpha value is -0.220. The molecule has 0 spiro atoms. The normalized spacial score (nSPS) is 26.2. The average molecular weight is 258 g/mol. The second kappa shape index (κ2) is 7.27. The molecule has 1 saturated carbocycles. The molecule has 1 aliphatic carbocycles. The van der Waals surface area contributed by atoms with E-state index in [9.17, 15) is 4.79 Å². The topological polar surface area (TPSA) is 55.1 Å². The van der Waals surface area contributed by atoms with Gasteiger partial charge in [-0.05, 0) is 30.9 Å². The molecule has 0 bridgehead atoms. The van der Waals surface area contributed by atoms with E-state index in [1.54, 1.807) is 0 Å². The van der Waals surface area contributed by atoms with Crippen LogP contribution in [-0.4, -0.2) is 29.5 Å². The highest BCUT2D eigenvalue weighted by atomic mass is 32.2. The minimum Gasteiger partial charge on any atom is -0.353 e. The summed E-state index contributed by atoms with van der Waals surface area (Å²) in [4.78, 5) is 12.0. The summed E-state index contributed by atoms with van der Waals surface area (Å²) in [6, 6.07) is 0.374. The Morgan fingerprint density at radius 2 is 2.18 bits per heavy atom. The summed E-state index contributed by atoms with van der Waals surface area (Å²) in [6.07, 6.45) is 3.48. The molecular weight excluding hydrogens is 232 g/mol. The van der Waals surface area contributed by atoms with Gasteiger partial charge in [-0.1, -0.05) is 20.8 Å². The predicted molar refractivity (Wildman–Crippen MR) is 75.1 cm³/mol. The molecule has 3 nitrogen and oxygen atoms in total. The number of carbonyl (C=O) groups excluding carboxylic acids is 1. The Balaban J connectivity index is 2.37. The number of hydrogen-bond donors (Lipinski definition) is 2. The summed E-state index contributed by atoms with van der Waals surface area (Å²) in [6.45, 7) is 6.76. The zero-order chi connectivity index (χ0) is 12.8. The summed E-state index contributed by atoms with van der Waals surface area (Å²) >= 11 is 2.01. The first-order chi connectivity index (χ1) is 8.08. The van der Waals surface area contributed by atoms with Crippen LogP contribution in [-0.2, 0) is 4.79 Å². The monoisotopic (exact) mass is 258 g/mol. The van der Waals surface area contributed by atoms with Crippen molar-refractivity contribution in [2.24, 2.45) is 17.6 Å². The van der Waals surface area contributed by atoms with Gasteiger partial charge in [0, 0.05) is 17.8 Å². The Morgan fingerprint density at radius 1 is 1.47 bits per heavy atom. The molecule has 3 atom stereocenters. The van der Waals surface area contributed by atoms with E-state index >= 15 is 0 Å². The largest absolute Gasteiger partial charge is 0.353 e. The number of thioether (sulfide) groups is 1. The van der Waals surface area contributed by atoms with Crippen LogP contribution in [0.25, 0.3) is 0 Å². The van der Waals surface area contributed by atoms with Gasteiger partial charge in [0.25, 0.3) is 0 Å². The third-order valence-electron chi connectivity index (χ3n) is 3.53. The van der Waals surface area contributed by atoms with Crippen molar-refractivity contribution in [2.45, 2.75) is 51.3 Å². The van der Waals surface area contributed by atoms with Crippen molar-refractivity contribution in [3.63, 3.8) is 0 Å². The fraction of sp³-hybridized carbons (Fsp3) is 0.923. The third-order valence-corrected chi connectivity index (χ3v) is 4.76. The van der Waals surface area contributed by atoms with Gasteiger partial charge in [0.2, 0.25) is 5.91 Å². The fourth-order valence-electron chi connectivity index (χ4n) is 2.45. The molecule has 3 N–H and O–H groups in total. The van der Waals surface area contributed by atoms with Gasteiger partial charge in [-0.15, -0.1) is 0 Å². The van der Waals surface area contributed by atoms with Gasteiger partial charge in [0.1, 0.15) is 0 Å². The van der Waals surface area contributed by atoms with Crippen molar-refractivity contribution in [2.75, 3.05) is 12.3 Å². The van der Waals surface area contributed by atoms with E-state index in [-0.39, 0.29) is 11.8 Å². The van der Waals surface area contributed by atoms with Crippen LogP contribution in [0.5, 0.6) is 0 Å². The van der Waals surface area contributed by atoms with E-state index in [4.69, 9.17) is 5.73 Å². The molecule has 1 amide bonds. The molecule has 1 fully saturated rings. The maximum atomic E-state index is 12.0. The van der Waals surface area contributed by atoms with E-state index in [1.165, 1.54) is 12.2 Å². The van der Waals surface area contributed by atoms with Crippen LogP contribution >= 0.6 is 11.8 Å². The van der Waals surface area contributed by atoms with Gasteiger partial charge in [0.15, 0.2) is 0 Å². The Labute approximate surface area is 109 Å². The summed E-state index contributed by atoms with van der Waals surface area (Å²) < 4.78 is 0. The van der Waals surface area contributed by atoms with Crippen molar-refractivity contribution in [1.82, 2.24) is 5.32 Å². The SMILES string of the molecule is CCSC1CCC(NC(=O)C(CN)C(C)C)C1. The van der Waals surface area contributed by atoms with Crippen molar-refractivity contribution < 1.29 is 4.79 Å². The van der Waals surface area contributed by atoms with Crippen LogP contribution < -0.4 is 11.1 Å². The molecular formula is C13H26N2OS. The number of amides is 1. The van der Waals surface area contributed by atoms with E-state index in [2.05, 4.69) is 26.1 Å². The minimum absolute atomic E-state index is 0.0344. The van der Waals surface area contributed by atoms with E-state index < -0.39 is 0 Å². The molecule has 0 heterocycles.